The molecule has 0 aliphatic carbocycles. The number of aromatic nitrogens is 1. The molecule has 2 N–H and O–H groups in total. The molecule has 1 aromatic heterocycles. The van der Waals surface area contributed by atoms with E-state index in [2.05, 4.69) is 4.98 Å². The number of carboxylic acids is 1. The maximum atomic E-state index is 10.2. The molecule has 0 amide bonds. The van der Waals surface area contributed by atoms with E-state index in [4.69, 9.17) is 10.2 Å². The number of aliphatic carboxylic acids is 1. The smallest absolute Gasteiger partial charge is 0.303 e. The van der Waals surface area contributed by atoms with Gasteiger partial charge < -0.3 is 10.2 Å². The molecule has 0 radical (unpaired) electrons. The van der Waals surface area contributed by atoms with Crippen molar-refractivity contribution in [2.45, 2.75) is 12.8 Å². The zero-order valence-electron chi connectivity index (χ0n) is 6.40. The van der Waals surface area contributed by atoms with E-state index in [1.165, 1.54) is 12.3 Å². The van der Waals surface area contributed by atoms with Crippen molar-refractivity contribution in [3.05, 3.63) is 24.0 Å². The van der Waals surface area contributed by atoms with Crippen LogP contribution in [0.3, 0.4) is 0 Å². The molecule has 0 spiro atoms. The molecule has 1 aromatic rings. The third-order valence-electron chi connectivity index (χ3n) is 1.44. The molecule has 64 valence electrons. The van der Waals surface area contributed by atoms with Crippen LogP contribution in [0.15, 0.2) is 18.3 Å². The van der Waals surface area contributed by atoms with Crippen molar-refractivity contribution in [2.75, 3.05) is 0 Å². The molecule has 0 fully saturated rings. The van der Waals surface area contributed by atoms with Gasteiger partial charge in [0.25, 0.3) is 0 Å². The lowest BCUT2D eigenvalue weighted by molar-refractivity contribution is -0.136. The maximum absolute atomic E-state index is 10.2. The third-order valence-corrected chi connectivity index (χ3v) is 1.44. The standard InChI is InChI=1S/C8H9NO3/c10-7-2-1-5-9-6(7)3-4-8(11)12/h1-2,5,10H,3-4H2,(H,11,12). The second kappa shape index (κ2) is 3.71. The van der Waals surface area contributed by atoms with Crippen LogP contribution in [0.2, 0.25) is 0 Å². The first-order valence-corrected chi connectivity index (χ1v) is 3.55. The molecule has 0 aliphatic rings. The highest BCUT2D eigenvalue weighted by molar-refractivity contribution is 5.67. The van der Waals surface area contributed by atoms with Crippen LogP contribution in [-0.4, -0.2) is 21.2 Å². The number of hydrogen-bond acceptors (Lipinski definition) is 3. The van der Waals surface area contributed by atoms with Gasteiger partial charge in [-0.15, -0.1) is 0 Å². The number of rotatable bonds is 3. The molecule has 12 heavy (non-hydrogen) atoms. The average molecular weight is 167 g/mol. The molecule has 1 heterocycles. The van der Waals surface area contributed by atoms with Gasteiger partial charge in [0.05, 0.1) is 12.1 Å². The van der Waals surface area contributed by atoms with E-state index in [9.17, 15) is 4.79 Å². The summed E-state index contributed by atoms with van der Waals surface area (Å²) in [5.41, 5.74) is 0.430. The van der Waals surface area contributed by atoms with E-state index in [-0.39, 0.29) is 18.6 Å². The Morgan fingerprint density at radius 3 is 2.92 bits per heavy atom. The van der Waals surface area contributed by atoms with Gasteiger partial charge in [0.2, 0.25) is 0 Å². The molecule has 4 nitrogen and oxygen atoms in total. The van der Waals surface area contributed by atoms with Crippen molar-refractivity contribution in [2.24, 2.45) is 0 Å². The largest absolute Gasteiger partial charge is 0.506 e. The summed E-state index contributed by atoms with van der Waals surface area (Å²) in [6.45, 7) is 0. The molecule has 0 unspecified atom stereocenters. The summed E-state index contributed by atoms with van der Waals surface area (Å²) in [5.74, 6) is -0.834. The van der Waals surface area contributed by atoms with Crippen molar-refractivity contribution in [3.63, 3.8) is 0 Å². The van der Waals surface area contributed by atoms with Crippen LogP contribution in [0.1, 0.15) is 12.1 Å². The van der Waals surface area contributed by atoms with Crippen LogP contribution in [0, 0.1) is 0 Å². The molecule has 0 aromatic carbocycles. The van der Waals surface area contributed by atoms with E-state index < -0.39 is 5.97 Å². The van der Waals surface area contributed by atoms with Gasteiger partial charge >= 0.3 is 5.97 Å². The van der Waals surface area contributed by atoms with Gasteiger partial charge in [0.15, 0.2) is 0 Å². The summed E-state index contributed by atoms with van der Waals surface area (Å²) in [5, 5.41) is 17.5. The number of carbonyl (C=O) groups is 1. The lowest BCUT2D eigenvalue weighted by Crippen LogP contribution is -1.99. The fraction of sp³-hybridized carbons (Fsp3) is 0.250. The van der Waals surface area contributed by atoms with Crippen molar-refractivity contribution >= 4 is 5.97 Å². The highest BCUT2D eigenvalue weighted by Crippen LogP contribution is 2.13. The first-order valence-electron chi connectivity index (χ1n) is 3.55. The molecule has 0 saturated carbocycles. The Hall–Kier alpha value is -1.58. The molecule has 1 rings (SSSR count). The van der Waals surface area contributed by atoms with E-state index >= 15 is 0 Å². The van der Waals surface area contributed by atoms with E-state index in [1.54, 1.807) is 6.07 Å². The number of nitrogens with zero attached hydrogens (tertiary/aromatic N) is 1. The first kappa shape index (κ1) is 8.52. The van der Waals surface area contributed by atoms with Gasteiger partial charge in [-0.1, -0.05) is 0 Å². The second-order valence-electron chi connectivity index (χ2n) is 2.36. The van der Waals surface area contributed by atoms with Gasteiger partial charge in [0.1, 0.15) is 5.75 Å². The Bertz CT molecular complexity index is 285. The number of pyridine rings is 1. The fourth-order valence-electron chi connectivity index (χ4n) is 0.847. The van der Waals surface area contributed by atoms with E-state index in [0.29, 0.717) is 5.69 Å². The molecule has 4 heteroatoms. The zero-order valence-corrected chi connectivity index (χ0v) is 6.40. The van der Waals surface area contributed by atoms with E-state index in [0.717, 1.165) is 0 Å². The third kappa shape index (κ3) is 2.23. The first-order chi connectivity index (χ1) is 5.70. The topological polar surface area (TPSA) is 70.4 Å². The van der Waals surface area contributed by atoms with Crippen LogP contribution in [0.5, 0.6) is 5.75 Å². The molecular formula is C8H9NO3. The zero-order chi connectivity index (χ0) is 8.97. The SMILES string of the molecule is O=C(O)CCc1ncccc1O. The van der Waals surface area contributed by atoms with Gasteiger partial charge in [-0.05, 0) is 12.1 Å². The second-order valence-corrected chi connectivity index (χ2v) is 2.36. The summed E-state index contributed by atoms with van der Waals surface area (Å²) in [6.07, 6.45) is 1.78. The van der Waals surface area contributed by atoms with Gasteiger partial charge in [-0.3, -0.25) is 9.78 Å². The summed E-state index contributed by atoms with van der Waals surface area (Å²) >= 11 is 0. The average Bonchev–Trinajstić information content (AvgIpc) is 2.03. The predicted octanol–water partition coefficient (Wildman–Crippen LogP) is 0.804. The number of carboxylic acid groups (broad SMARTS) is 1. The normalized spacial score (nSPS) is 9.67. The summed E-state index contributed by atoms with van der Waals surface area (Å²) < 4.78 is 0. The summed E-state index contributed by atoms with van der Waals surface area (Å²) in [7, 11) is 0. The van der Waals surface area contributed by atoms with Crippen LogP contribution in [-0.2, 0) is 11.2 Å². The Morgan fingerprint density at radius 2 is 2.33 bits per heavy atom. The van der Waals surface area contributed by atoms with Crippen LogP contribution < -0.4 is 0 Å². The quantitative estimate of drug-likeness (QED) is 0.698. The van der Waals surface area contributed by atoms with Crippen LogP contribution in [0.4, 0.5) is 0 Å². The highest BCUT2D eigenvalue weighted by atomic mass is 16.4. The van der Waals surface area contributed by atoms with Crippen molar-refractivity contribution in [1.82, 2.24) is 4.98 Å². The summed E-state index contributed by atoms with van der Waals surface area (Å²) in [4.78, 5) is 14.0. The highest BCUT2D eigenvalue weighted by Gasteiger charge is 2.03. The Kier molecular flexibility index (Phi) is 2.63. The van der Waals surface area contributed by atoms with Gasteiger partial charge in [0, 0.05) is 12.6 Å². The molecule has 0 bridgehead atoms. The molecule has 0 aliphatic heterocycles. The van der Waals surface area contributed by atoms with Crippen molar-refractivity contribution in [3.8, 4) is 5.75 Å². The fourth-order valence-corrected chi connectivity index (χ4v) is 0.847. The minimum Gasteiger partial charge on any atom is -0.506 e. The Morgan fingerprint density at radius 1 is 1.58 bits per heavy atom. The maximum Gasteiger partial charge on any atom is 0.303 e. The predicted molar refractivity (Wildman–Crippen MR) is 41.9 cm³/mol. The molecular weight excluding hydrogens is 158 g/mol. The number of aryl methyl sites for hydroxylation is 1. The minimum atomic E-state index is -0.889. The van der Waals surface area contributed by atoms with Crippen molar-refractivity contribution < 1.29 is 15.0 Å². The van der Waals surface area contributed by atoms with Crippen LogP contribution >= 0.6 is 0 Å². The number of hydrogen-bond donors (Lipinski definition) is 2. The lowest BCUT2D eigenvalue weighted by Gasteiger charge is -1.99. The van der Waals surface area contributed by atoms with Gasteiger partial charge in [-0.2, -0.15) is 0 Å². The summed E-state index contributed by atoms with van der Waals surface area (Å²) in [6, 6.07) is 3.09. The van der Waals surface area contributed by atoms with E-state index in [1.807, 2.05) is 0 Å². The minimum absolute atomic E-state index is 0.00935. The van der Waals surface area contributed by atoms with Gasteiger partial charge in [-0.25, -0.2) is 0 Å². The monoisotopic (exact) mass is 167 g/mol. The molecule has 0 saturated heterocycles. The van der Waals surface area contributed by atoms with Crippen molar-refractivity contribution in [1.29, 1.82) is 0 Å². The lowest BCUT2D eigenvalue weighted by atomic mass is 10.2. The number of aromatic hydroxyl groups is 1. The Labute approximate surface area is 69.5 Å². The molecule has 0 atom stereocenters. The van der Waals surface area contributed by atoms with Crippen LogP contribution in [0.25, 0.3) is 0 Å². The Balaban J connectivity index is 2.63.